The lowest BCUT2D eigenvalue weighted by Crippen LogP contribution is -1.93. The maximum absolute atomic E-state index is 5.48. The molecular weight excluding hydrogens is 250 g/mol. The molecular formula is C16H19N3O. The second-order valence-electron chi connectivity index (χ2n) is 5.18. The van der Waals surface area contributed by atoms with Crippen molar-refractivity contribution in [2.75, 3.05) is 0 Å². The zero-order valence-corrected chi connectivity index (χ0v) is 12.1. The smallest absolute Gasteiger partial charge is 0.176 e. The van der Waals surface area contributed by atoms with E-state index in [1.54, 1.807) is 0 Å². The molecule has 0 bridgehead atoms. The summed E-state index contributed by atoms with van der Waals surface area (Å²) in [6.07, 6.45) is 5.67. The third-order valence-electron chi connectivity index (χ3n) is 3.95. The van der Waals surface area contributed by atoms with Gasteiger partial charge < -0.3 is 9.51 Å². The molecule has 1 unspecified atom stereocenters. The lowest BCUT2D eigenvalue weighted by atomic mass is 9.94. The van der Waals surface area contributed by atoms with Crippen molar-refractivity contribution >= 4 is 11.0 Å². The summed E-state index contributed by atoms with van der Waals surface area (Å²) in [4.78, 5) is 7.68. The Labute approximate surface area is 118 Å². The summed E-state index contributed by atoms with van der Waals surface area (Å²) >= 11 is 0. The van der Waals surface area contributed by atoms with E-state index in [2.05, 4.69) is 48.0 Å². The van der Waals surface area contributed by atoms with Crippen LogP contribution < -0.4 is 0 Å². The molecule has 4 heteroatoms. The fraction of sp³-hybridized carbons (Fsp3) is 0.375. The van der Waals surface area contributed by atoms with Gasteiger partial charge in [0.25, 0.3) is 0 Å². The van der Waals surface area contributed by atoms with Crippen molar-refractivity contribution in [2.24, 2.45) is 0 Å². The number of aryl methyl sites for hydroxylation is 1. The number of hydrogen-bond acceptors (Lipinski definition) is 3. The average Bonchev–Trinajstić information content (AvgIpc) is 3.14. The fourth-order valence-corrected chi connectivity index (χ4v) is 2.52. The highest BCUT2D eigenvalue weighted by Crippen LogP contribution is 2.34. The third-order valence-corrected chi connectivity index (χ3v) is 3.95. The van der Waals surface area contributed by atoms with E-state index in [1.165, 1.54) is 5.56 Å². The number of nitrogens with zero attached hydrogens (tertiary/aromatic N) is 2. The maximum atomic E-state index is 5.48. The number of aromatic amines is 1. The molecule has 1 aromatic carbocycles. The molecule has 0 aliphatic rings. The minimum Gasteiger partial charge on any atom is -0.356 e. The number of H-pyrrole nitrogens is 1. The van der Waals surface area contributed by atoms with Gasteiger partial charge in [-0.05, 0) is 24.0 Å². The van der Waals surface area contributed by atoms with Crippen LogP contribution in [0.15, 0.2) is 29.0 Å². The van der Waals surface area contributed by atoms with Crippen molar-refractivity contribution in [1.29, 1.82) is 0 Å². The third kappa shape index (κ3) is 2.01. The van der Waals surface area contributed by atoms with Gasteiger partial charge in [-0.15, -0.1) is 0 Å². The summed E-state index contributed by atoms with van der Waals surface area (Å²) < 4.78 is 5.48. The lowest BCUT2D eigenvalue weighted by molar-refractivity contribution is 0.457. The number of hydrogen-bond donors (Lipinski definition) is 1. The SMILES string of the molecule is CCc1ncc(-c2ccc(C(C)CC)c3cnoc23)[nH]1. The molecule has 0 radical (unpaired) electrons. The number of imidazole rings is 1. The van der Waals surface area contributed by atoms with Crippen LogP contribution in [0.2, 0.25) is 0 Å². The Morgan fingerprint density at radius 3 is 2.80 bits per heavy atom. The highest BCUT2D eigenvalue weighted by atomic mass is 16.5. The second kappa shape index (κ2) is 5.12. The monoisotopic (exact) mass is 269 g/mol. The van der Waals surface area contributed by atoms with Gasteiger partial charge in [-0.1, -0.05) is 32.0 Å². The van der Waals surface area contributed by atoms with Crippen molar-refractivity contribution in [3.63, 3.8) is 0 Å². The van der Waals surface area contributed by atoms with Gasteiger partial charge in [0.1, 0.15) is 5.82 Å². The lowest BCUT2D eigenvalue weighted by Gasteiger charge is -2.10. The molecule has 2 aromatic heterocycles. The molecule has 0 fully saturated rings. The van der Waals surface area contributed by atoms with Crippen LogP contribution in [0.3, 0.4) is 0 Å². The van der Waals surface area contributed by atoms with Crippen molar-refractivity contribution in [3.05, 3.63) is 35.9 Å². The minimum atomic E-state index is 0.499. The highest BCUT2D eigenvalue weighted by Gasteiger charge is 2.16. The molecule has 0 amide bonds. The summed E-state index contributed by atoms with van der Waals surface area (Å²) in [6.45, 7) is 6.51. The topological polar surface area (TPSA) is 54.7 Å². The molecule has 1 N–H and O–H groups in total. The number of benzene rings is 1. The van der Waals surface area contributed by atoms with Crippen LogP contribution >= 0.6 is 0 Å². The molecule has 4 nitrogen and oxygen atoms in total. The van der Waals surface area contributed by atoms with Crippen LogP contribution in [0.25, 0.3) is 22.2 Å². The van der Waals surface area contributed by atoms with Gasteiger partial charge in [-0.25, -0.2) is 4.98 Å². The molecule has 0 spiro atoms. The molecule has 0 aliphatic heterocycles. The van der Waals surface area contributed by atoms with E-state index in [1.807, 2.05) is 12.4 Å². The van der Waals surface area contributed by atoms with E-state index in [4.69, 9.17) is 4.52 Å². The van der Waals surface area contributed by atoms with Crippen molar-refractivity contribution in [3.8, 4) is 11.3 Å². The zero-order valence-electron chi connectivity index (χ0n) is 12.1. The average molecular weight is 269 g/mol. The number of fused-ring (bicyclic) bond motifs is 1. The summed E-state index contributed by atoms with van der Waals surface area (Å²) in [5, 5.41) is 5.08. The van der Waals surface area contributed by atoms with E-state index >= 15 is 0 Å². The van der Waals surface area contributed by atoms with Crippen molar-refractivity contribution in [2.45, 2.75) is 39.5 Å². The Morgan fingerprint density at radius 2 is 2.10 bits per heavy atom. The first-order valence-corrected chi connectivity index (χ1v) is 7.16. The summed E-state index contributed by atoms with van der Waals surface area (Å²) in [7, 11) is 0. The Hall–Kier alpha value is -2.10. The first-order chi connectivity index (χ1) is 9.74. The van der Waals surface area contributed by atoms with Crippen LogP contribution in [0, 0.1) is 0 Å². The predicted octanol–water partition coefficient (Wildman–Crippen LogP) is 4.29. The van der Waals surface area contributed by atoms with E-state index in [0.29, 0.717) is 5.92 Å². The molecule has 2 heterocycles. The highest BCUT2D eigenvalue weighted by molar-refractivity contribution is 5.93. The molecule has 3 aromatic rings. The Kier molecular flexibility index (Phi) is 3.30. The summed E-state index contributed by atoms with van der Waals surface area (Å²) in [5.74, 6) is 1.48. The van der Waals surface area contributed by atoms with Crippen LogP contribution in [0.1, 0.15) is 44.5 Å². The van der Waals surface area contributed by atoms with E-state index in [0.717, 1.165) is 40.9 Å². The van der Waals surface area contributed by atoms with Gasteiger partial charge in [0.2, 0.25) is 0 Å². The van der Waals surface area contributed by atoms with Crippen LogP contribution in [-0.4, -0.2) is 15.1 Å². The van der Waals surface area contributed by atoms with Crippen LogP contribution in [0.5, 0.6) is 0 Å². The first kappa shape index (κ1) is 12.9. The van der Waals surface area contributed by atoms with Gasteiger partial charge >= 0.3 is 0 Å². The molecule has 0 aliphatic carbocycles. The Bertz CT molecular complexity index is 726. The van der Waals surface area contributed by atoms with Crippen LogP contribution in [-0.2, 0) is 6.42 Å². The van der Waals surface area contributed by atoms with E-state index < -0.39 is 0 Å². The predicted molar refractivity (Wildman–Crippen MR) is 79.7 cm³/mol. The molecule has 104 valence electrons. The number of nitrogens with one attached hydrogen (secondary N) is 1. The standard InChI is InChI=1S/C16H19N3O/c1-4-10(3)11-6-7-12(16-13(11)8-18-20-16)14-9-17-15(5-2)19-14/h6-10H,4-5H2,1-3H3,(H,17,19). The maximum Gasteiger partial charge on any atom is 0.176 e. The Balaban J connectivity index is 2.16. The summed E-state index contributed by atoms with van der Waals surface area (Å²) in [6, 6.07) is 4.28. The summed E-state index contributed by atoms with van der Waals surface area (Å²) in [5.41, 5.74) is 4.15. The van der Waals surface area contributed by atoms with Crippen molar-refractivity contribution in [1.82, 2.24) is 15.1 Å². The van der Waals surface area contributed by atoms with E-state index in [-0.39, 0.29) is 0 Å². The van der Waals surface area contributed by atoms with Gasteiger partial charge in [0, 0.05) is 17.4 Å². The zero-order chi connectivity index (χ0) is 14.1. The second-order valence-corrected chi connectivity index (χ2v) is 5.18. The van der Waals surface area contributed by atoms with Crippen molar-refractivity contribution < 1.29 is 4.52 Å². The van der Waals surface area contributed by atoms with Gasteiger partial charge in [0.15, 0.2) is 5.58 Å². The van der Waals surface area contributed by atoms with Gasteiger partial charge in [-0.3, -0.25) is 0 Å². The number of rotatable bonds is 4. The fourth-order valence-electron chi connectivity index (χ4n) is 2.52. The Morgan fingerprint density at radius 1 is 1.25 bits per heavy atom. The largest absolute Gasteiger partial charge is 0.356 e. The number of aromatic nitrogens is 3. The van der Waals surface area contributed by atoms with Crippen LogP contribution in [0.4, 0.5) is 0 Å². The molecule has 0 saturated carbocycles. The quantitative estimate of drug-likeness (QED) is 0.768. The first-order valence-electron chi connectivity index (χ1n) is 7.16. The van der Waals surface area contributed by atoms with Gasteiger partial charge in [-0.2, -0.15) is 0 Å². The van der Waals surface area contributed by atoms with E-state index in [9.17, 15) is 0 Å². The molecule has 1 atom stereocenters. The molecule has 0 saturated heterocycles. The minimum absolute atomic E-state index is 0.499. The normalized spacial score (nSPS) is 12.9. The molecule has 3 rings (SSSR count). The van der Waals surface area contributed by atoms with Gasteiger partial charge in [0.05, 0.1) is 18.1 Å². The molecule has 20 heavy (non-hydrogen) atoms.